The van der Waals surface area contributed by atoms with Gasteiger partial charge in [-0.15, -0.1) is 0 Å². The van der Waals surface area contributed by atoms with E-state index in [0.717, 1.165) is 12.1 Å². The molecule has 0 amide bonds. The number of benzene rings is 2. The molecule has 0 aliphatic heterocycles. The molecule has 0 N–H and O–H groups in total. The number of aldehydes is 1. The van der Waals surface area contributed by atoms with Gasteiger partial charge in [-0.3, -0.25) is 4.79 Å². The Morgan fingerprint density at radius 2 is 1.60 bits per heavy atom. The standard InChI is InChI=1S/C15H12F3NO/c1-19(8-10-2-4-12(16)5-3-10)15-13(17)6-11(9-20)7-14(15)18/h2-7,9H,8H2,1H3. The fourth-order valence-electron chi connectivity index (χ4n) is 1.96. The zero-order valence-corrected chi connectivity index (χ0v) is 10.7. The number of hydrogen-bond acceptors (Lipinski definition) is 2. The summed E-state index contributed by atoms with van der Waals surface area (Å²) in [5, 5.41) is 0. The van der Waals surface area contributed by atoms with Crippen molar-refractivity contribution in [3.05, 3.63) is 65.0 Å². The Kier molecular flexibility index (Phi) is 4.08. The van der Waals surface area contributed by atoms with Gasteiger partial charge in [0, 0.05) is 19.2 Å². The van der Waals surface area contributed by atoms with Crippen molar-refractivity contribution in [1.82, 2.24) is 0 Å². The van der Waals surface area contributed by atoms with Crippen molar-refractivity contribution in [2.24, 2.45) is 0 Å². The summed E-state index contributed by atoms with van der Waals surface area (Å²) >= 11 is 0. The van der Waals surface area contributed by atoms with Gasteiger partial charge >= 0.3 is 0 Å². The minimum atomic E-state index is -0.809. The molecule has 2 nitrogen and oxygen atoms in total. The predicted molar refractivity (Wildman–Crippen MR) is 70.3 cm³/mol. The Labute approximate surface area is 114 Å². The van der Waals surface area contributed by atoms with Gasteiger partial charge in [0.25, 0.3) is 0 Å². The van der Waals surface area contributed by atoms with Crippen LogP contribution >= 0.6 is 0 Å². The third-order valence-corrected chi connectivity index (χ3v) is 2.89. The van der Waals surface area contributed by atoms with Crippen LogP contribution in [0.4, 0.5) is 18.9 Å². The molecule has 5 heteroatoms. The van der Waals surface area contributed by atoms with E-state index in [-0.39, 0.29) is 23.6 Å². The monoisotopic (exact) mass is 279 g/mol. The van der Waals surface area contributed by atoms with E-state index in [2.05, 4.69) is 0 Å². The second kappa shape index (κ2) is 5.77. The lowest BCUT2D eigenvalue weighted by molar-refractivity contribution is 0.112. The lowest BCUT2D eigenvalue weighted by atomic mass is 10.1. The van der Waals surface area contributed by atoms with Gasteiger partial charge in [-0.1, -0.05) is 12.1 Å². The molecule has 104 valence electrons. The largest absolute Gasteiger partial charge is 0.366 e. The Hall–Kier alpha value is -2.30. The van der Waals surface area contributed by atoms with Crippen molar-refractivity contribution in [2.75, 3.05) is 11.9 Å². The molecule has 0 atom stereocenters. The molecule has 0 heterocycles. The molecule has 0 radical (unpaired) electrons. The fourth-order valence-corrected chi connectivity index (χ4v) is 1.96. The van der Waals surface area contributed by atoms with Crippen LogP contribution in [-0.2, 0) is 6.54 Å². The number of carbonyl (C=O) groups excluding carboxylic acids is 1. The summed E-state index contributed by atoms with van der Waals surface area (Å²) in [4.78, 5) is 11.9. The van der Waals surface area contributed by atoms with E-state index in [1.165, 1.54) is 24.1 Å². The number of hydrogen-bond donors (Lipinski definition) is 0. The summed E-state index contributed by atoms with van der Waals surface area (Å²) in [5.74, 6) is -1.99. The number of rotatable bonds is 4. The molecule has 0 fully saturated rings. The van der Waals surface area contributed by atoms with E-state index in [4.69, 9.17) is 0 Å². The molecule has 2 aromatic rings. The number of halogens is 3. The number of carbonyl (C=O) groups is 1. The summed E-state index contributed by atoms with van der Waals surface area (Å²) in [5.41, 5.74) is 0.436. The van der Waals surface area contributed by atoms with E-state index in [1.807, 2.05) is 0 Å². The smallest absolute Gasteiger partial charge is 0.150 e. The highest BCUT2D eigenvalue weighted by atomic mass is 19.1. The van der Waals surface area contributed by atoms with E-state index >= 15 is 0 Å². The molecular formula is C15H12F3NO. The van der Waals surface area contributed by atoms with Crippen LogP contribution in [0.15, 0.2) is 36.4 Å². The number of anilines is 1. The third kappa shape index (κ3) is 2.99. The van der Waals surface area contributed by atoms with Crippen LogP contribution in [-0.4, -0.2) is 13.3 Å². The van der Waals surface area contributed by atoms with Gasteiger partial charge < -0.3 is 4.90 Å². The quantitative estimate of drug-likeness (QED) is 0.798. The summed E-state index contributed by atoms with van der Waals surface area (Å²) in [7, 11) is 1.52. The zero-order valence-electron chi connectivity index (χ0n) is 10.7. The first-order valence-corrected chi connectivity index (χ1v) is 5.91. The summed E-state index contributed by atoms with van der Waals surface area (Å²) in [6.45, 7) is 0.217. The van der Waals surface area contributed by atoms with Crippen LogP contribution in [0.1, 0.15) is 15.9 Å². The van der Waals surface area contributed by atoms with Gasteiger partial charge in [-0.25, -0.2) is 13.2 Å². The molecule has 20 heavy (non-hydrogen) atoms. The first kappa shape index (κ1) is 14.1. The maximum absolute atomic E-state index is 13.8. The minimum Gasteiger partial charge on any atom is -0.366 e. The Morgan fingerprint density at radius 1 is 1.05 bits per heavy atom. The lowest BCUT2D eigenvalue weighted by Gasteiger charge is -2.21. The maximum Gasteiger partial charge on any atom is 0.150 e. The van der Waals surface area contributed by atoms with Crippen LogP contribution in [0.5, 0.6) is 0 Å². The lowest BCUT2D eigenvalue weighted by Crippen LogP contribution is -2.19. The Bertz CT molecular complexity index is 603. The molecular weight excluding hydrogens is 267 g/mol. The third-order valence-electron chi connectivity index (χ3n) is 2.89. The molecule has 0 aromatic heterocycles. The van der Waals surface area contributed by atoms with Gasteiger partial charge in [0.1, 0.15) is 29.4 Å². The molecule has 0 aliphatic carbocycles. The van der Waals surface area contributed by atoms with Crippen LogP contribution in [0, 0.1) is 17.5 Å². The fraction of sp³-hybridized carbons (Fsp3) is 0.133. The SMILES string of the molecule is CN(Cc1ccc(F)cc1)c1c(F)cc(C=O)cc1F. The zero-order chi connectivity index (χ0) is 14.7. The normalized spacial score (nSPS) is 10.4. The van der Waals surface area contributed by atoms with Crippen molar-refractivity contribution in [3.8, 4) is 0 Å². The molecule has 0 saturated carbocycles. The highest BCUT2D eigenvalue weighted by Crippen LogP contribution is 2.25. The van der Waals surface area contributed by atoms with Crippen molar-refractivity contribution in [2.45, 2.75) is 6.54 Å². The average Bonchev–Trinajstić information content (AvgIpc) is 2.40. The Morgan fingerprint density at radius 3 is 2.10 bits per heavy atom. The molecule has 2 rings (SSSR count). The van der Waals surface area contributed by atoms with E-state index in [1.54, 1.807) is 12.1 Å². The predicted octanol–water partition coefficient (Wildman–Crippen LogP) is 3.55. The van der Waals surface area contributed by atoms with E-state index in [9.17, 15) is 18.0 Å². The highest BCUT2D eigenvalue weighted by molar-refractivity contribution is 5.76. The summed E-state index contributed by atoms with van der Waals surface area (Å²) < 4.78 is 40.4. The first-order chi connectivity index (χ1) is 9.51. The van der Waals surface area contributed by atoms with Crippen LogP contribution < -0.4 is 4.90 Å². The first-order valence-electron chi connectivity index (χ1n) is 5.91. The van der Waals surface area contributed by atoms with E-state index < -0.39 is 11.6 Å². The topological polar surface area (TPSA) is 20.3 Å². The van der Waals surface area contributed by atoms with E-state index in [0.29, 0.717) is 11.8 Å². The average molecular weight is 279 g/mol. The van der Waals surface area contributed by atoms with Crippen LogP contribution in [0.3, 0.4) is 0 Å². The molecule has 0 bridgehead atoms. The summed E-state index contributed by atoms with van der Waals surface area (Å²) in [6, 6.07) is 7.61. The van der Waals surface area contributed by atoms with Crippen LogP contribution in [0.2, 0.25) is 0 Å². The summed E-state index contributed by atoms with van der Waals surface area (Å²) in [6.07, 6.45) is 0.385. The van der Waals surface area contributed by atoms with Crippen molar-refractivity contribution in [3.63, 3.8) is 0 Å². The minimum absolute atomic E-state index is 0.0565. The van der Waals surface area contributed by atoms with Crippen molar-refractivity contribution in [1.29, 1.82) is 0 Å². The second-order valence-corrected chi connectivity index (χ2v) is 4.43. The van der Waals surface area contributed by atoms with Gasteiger partial charge in [0.15, 0.2) is 0 Å². The Balaban J connectivity index is 2.27. The van der Waals surface area contributed by atoms with Crippen LogP contribution in [0.25, 0.3) is 0 Å². The van der Waals surface area contributed by atoms with Gasteiger partial charge in [0.2, 0.25) is 0 Å². The second-order valence-electron chi connectivity index (χ2n) is 4.43. The molecule has 0 saturated heterocycles. The molecule has 2 aromatic carbocycles. The maximum atomic E-state index is 13.8. The van der Waals surface area contributed by atoms with Crippen molar-refractivity contribution >= 4 is 12.0 Å². The highest BCUT2D eigenvalue weighted by Gasteiger charge is 2.15. The van der Waals surface area contributed by atoms with Gasteiger partial charge in [-0.2, -0.15) is 0 Å². The molecule has 0 aliphatic rings. The molecule has 0 spiro atoms. The molecule has 0 unspecified atom stereocenters. The van der Waals surface area contributed by atoms with Gasteiger partial charge in [-0.05, 0) is 29.8 Å². The van der Waals surface area contributed by atoms with Crippen molar-refractivity contribution < 1.29 is 18.0 Å². The number of nitrogens with zero attached hydrogens (tertiary/aromatic N) is 1. The van der Waals surface area contributed by atoms with Gasteiger partial charge in [0.05, 0.1) is 0 Å².